The minimum atomic E-state index is -0.211. The number of amides is 1. The van der Waals surface area contributed by atoms with Gasteiger partial charge in [-0.3, -0.25) is 9.69 Å². The Morgan fingerprint density at radius 2 is 2.25 bits per heavy atom. The molecule has 20 heavy (non-hydrogen) atoms. The fraction of sp³-hybridized carbons (Fsp3) is 0.533. The molecule has 1 amide bonds. The van der Waals surface area contributed by atoms with Crippen molar-refractivity contribution in [3.8, 4) is 0 Å². The van der Waals surface area contributed by atoms with Crippen molar-refractivity contribution < 1.29 is 9.53 Å². The summed E-state index contributed by atoms with van der Waals surface area (Å²) in [6.07, 6.45) is 0. The van der Waals surface area contributed by atoms with Crippen molar-refractivity contribution in [2.24, 2.45) is 5.73 Å². The number of benzene rings is 1. The highest BCUT2D eigenvalue weighted by atomic mass is 16.5. The first-order valence-electron chi connectivity index (χ1n) is 6.96. The highest BCUT2D eigenvalue weighted by Gasteiger charge is 2.17. The molecule has 0 fully saturated rings. The van der Waals surface area contributed by atoms with E-state index >= 15 is 0 Å². The molecule has 1 unspecified atom stereocenters. The zero-order valence-electron chi connectivity index (χ0n) is 12.6. The van der Waals surface area contributed by atoms with Crippen molar-refractivity contribution in [2.45, 2.75) is 26.4 Å². The van der Waals surface area contributed by atoms with Gasteiger partial charge in [0.1, 0.15) is 0 Å². The minimum absolute atomic E-state index is 0.0295. The van der Waals surface area contributed by atoms with Crippen LogP contribution < -0.4 is 11.1 Å². The molecule has 0 radical (unpaired) electrons. The Morgan fingerprint density at radius 3 is 2.90 bits per heavy atom. The third-order valence-electron chi connectivity index (χ3n) is 3.26. The second-order valence-corrected chi connectivity index (χ2v) is 4.75. The van der Waals surface area contributed by atoms with Crippen LogP contribution in [0.3, 0.4) is 0 Å². The predicted molar refractivity (Wildman–Crippen MR) is 81.5 cm³/mol. The Labute approximate surface area is 121 Å². The Kier molecular flexibility index (Phi) is 7.22. The molecule has 5 heteroatoms. The highest BCUT2D eigenvalue weighted by molar-refractivity contribution is 5.94. The molecule has 0 spiro atoms. The summed E-state index contributed by atoms with van der Waals surface area (Å²) in [4.78, 5) is 14.1. The van der Waals surface area contributed by atoms with Crippen LogP contribution in [0, 0.1) is 0 Å². The van der Waals surface area contributed by atoms with Gasteiger partial charge in [-0.2, -0.15) is 0 Å². The minimum Gasteiger partial charge on any atom is -0.380 e. The van der Waals surface area contributed by atoms with E-state index in [1.54, 1.807) is 0 Å². The first-order chi connectivity index (χ1) is 9.58. The molecule has 1 atom stereocenters. The number of hydrogen-bond donors (Lipinski definition) is 2. The first kappa shape index (κ1) is 16.6. The maximum atomic E-state index is 12.2. The molecule has 0 aliphatic heterocycles. The van der Waals surface area contributed by atoms with E-state index in [1.807, 2.05) is 50.1 Å². The standard InChI is InChI=1S/C15H25N3O2/c1-4-20-9-8-18(3)12(2)15(19)17-14-7-5-6-13(10-14)11-16/h5-7,10,12H,4,8-9,11,16H2,1-3H3,(H,17,19). The van der Waals surface area contributed by atoms with Crippen LogP contribution >= 0.6 is 0 Å². The Balaban J connectivity index is 2.51. The van der Waals surface area contributed by atoms with Gasteiger partial charge in [0, 0.05) is 25.4 Å². The summed E-state index contributed by atoms with van der Waals surface area (Å²) >= 11 is 0. The molecule has 0 aliphatic carbocycles. The van der Waals surface area contributed by atoms with Crippen molar-refractivity contribution in [1.29, 1.82) is 0 Å². The number of likely N-dealkylation sites (N-methyl/N-ethyl adjacent to an activating group) is 1. The van der Waals surface area contributed by atoms with Crippen molar-refractivity contribution in [2.75, 3.05) is 32.1 Å². The second kappa shape index (κ2) is 8.68. The SMILES string of the molecule is CCOCCN(C)C(C)C(=O)Nc1cccc(CN)c1. The summed E-state index contributed by atoms with van der Waals surface area (Å²) in [5, 5.41) is 2.91. The van der Waals surface area contributed by atoms with Crippen LogP contribution in [0.25, 0.3) is 0 Å². The van der Waals surface area contributed by atoms with Crippen LogP contribution in [0.4, 0.5) is 5.69 Å². The zero-order valence-corrected chi connectivity index (χ0v) is 12.6. The van der Waals surface area contributed by atoms with Crippen LogP contribution in [-0.2, 0) is 16.1 Å². The average Bonchev–Trinajstić information content (AvgIpc) is 2.46. The van der Waals surface area contributed by atoms with E-state index in [9.17, 15) is 4.79 Å². The van der Waals surface area contributed by atoms with Gasteiger partial charge >= 0.3 is 0 Å². The molecular formula is C15H25N3O2. The molecule has 0 aliphatic rings. The lowest BCUT2D eigenvalue weighted by Gasteiger charge is -2.23. The van der Waals surface area contributed by atoms with Crippen LogP contribution in [-0.4, -0.2) is 43.7 Å². The van der Waals surface area contributed by atoms with Crippen molar-refractivity contribution >= 4 is 11.6 Å². The summed E-state index contributed by atoms with van der Waals surface area (Å²) in [7, 11) is 1.92. The smallest absolute Gasteiger partial charge is 0.241 e. The number of nitrogens with one attached hydrogen (secondary N) is 1. The molecule has 0 aromatic heterocycles. The molecule has 0 saturated carbocycles. The number of hydrogen-bond acceptors (Lipinski definition) is 4. The summed E-state index contributed by atoms with van der Waals surface area (Å²) in [6.45, 7) is 6.36. The zero-order chi connectivity index (χ0) is 15.0. The number of ether oxygens (including phenoxy) is 1. The van der Waals surface area contributed by atoms with Crippen LogP contribution in [0.15, 0.2) is 24.3 Å². The summed E-state index contributed by atoms with van der Waals surface area (Å²) in [5.74, 6) is -0.0295. The largest absolute Gasteiger partial charge is 0.380 e. The molecule has 3 N–H and O–H groups in total. The lowest BCUT2D eigenvalue weighted by atomic mass is 10.2. The van der Waals surface area contributed by atoms with Gasteiger partial charge in [-0.15, -0.1) is 0 Å². The predicted octanol–water partition coefficient (Wildman–Crippen LogP) is 1.44. The maximum Gasteiger partial charge on any atom is 0.241 e. The van der Waals surface area contributed by atoms with Gasteiger partial charge < -0.3 is 15.8 Å². The monoisotopic (exact) mass is 279 g/mol. The summed E-state index contributed by atoms with van der Waals surface area (Å²) in [5.41, 5.74) is 7.37. The molecule has 0 bridgehead atoms. The molecule has 0 heterocycles. The fourth-order valence-electron chi connectivity index (χ4n) is 1.77. The number of anilines is 1. The van der Waals surface area contributed by atoms with Gasteiger partial charge in [-0.05, 0) is 38.6 Å². The number of nitrogens with zero attached hydrogens (tertiary/aromatic N) is 1. The van der Waals surface area contributed by atoms with E-state index in [1.165, 1.54) is 0 Å². The van der Waals surface area contributed by atoms with Crippen LogP contribution in [0.5, 0.6) is 0 Å². The third kappa shape index (κ3) is 5.28. The number of carbonyl (C=O) groups excluding carboxylic acids is 1. The fourth-order valence-corrected chi connectivity index (χ4v) is 1.77. The molecule has 112 valence electrons. The molecule has 1 aromatic rings. The topological polar surface area (TPSA) is 67.6 Å². The van der Waals surface area contributed by atoms with E-state index < -0.39 is 0 Å². The van der Waals surface area contributed by atoms with E-state index in [-0.39, 0.29) is 11.9 Å². The molecule has 5 nitrogen and oxygen atoms in total. The van der Waals surface area contributed by atoms with Crippen molar-refractivity contribution in [3.05, 3.63) is 29.8 Å². The molecular weight excluding hydrogens is 254 g/mol. The second-order valence-electron chi connectivity index (χ2n) is 4.75. The number of carbonyl (C=O) groups is 1. The van der Waals surface area contributed by atoms with Crippen molar-refractivity contribution in [3.63, 3.8) is 0 Å². The Bertz CT molecular complexity index is 423. The van der Waals surface area contributed by atoms with Gasteiger partial charge in [0.25, 0.3) is 0 Å². The van der Waals surface area contributed by atoms with Crippen LogP contribution in [0.1, 0.15) is 19.4 Å². The van der Waals surface area contributed by atoms with E-state index in [4.69, 9.17) is 10.5 Å². The Hall–Kier alpha value is -1.43. The highest BCUT2D eigenvalue weighted by Crippen LogP contribution is 2.11. The van der Waals surface area contributed by atoms with Crippen molar-refractivity contribution in [1.82, 2.24) is 4.90 Å². The average molecular weight is 279 g/mol. The lowest BCUT2D eigenvalue weighted by molar-refractivity contribution is -0.120. The summed E-state index contributed by atoms with van der Waals surface area (Å²) in [6, 6.07) is 7.38. The Morgan fingerprint density at radius 1 is 1.50 bits per heavy atom. The number of rotatable bonds is 8. The van der Waals surface area contributed by atoms with Gasteiger partial charge in [0.05, 0.1) is 12.6 Å². The van der Waals surface area contributed by atoms with Gasteiger partial charge in [-0.25, -0.2) is 0 Å². The molecule has 0 saturated heterocycles. The molecule has 1 rings (SSSR count). The van der Waals surface area contributed by atoms with E-state index in [2.05, 4.69) is 5.32 Å². The third-order valence-corrected chi connectivity index (χ3v) is 3.26. The van der Waals surface area contributed by atoms with Crippen LogP contribution in [0.2, 0.25) is 0 Å². The summed E-state index contributed by atoms with van der Waals surface area (Å²) < 4.78 is 5.30. The first-order valence-corrected chi connectivity index (χ1v) is 6.96. The van der Waals surface area contributed by atoms with E-state index in [0.29, 0.717) is 19.8 Å². The quantitative estimate of drug-likeness (QED) is 0.707. The maximum absolute atomic E-state index is 12.2. The van der Waals surface area contributed by atoms with E-state index in [0.717, 1.165) is 17.8 Å². The lowest BCUT2D eigenvalue weighted by Crippen LogP contribution is -2.41. The van der Waals surface area contributed by atoms with Gasteiger partial charge in [0.2, 0.25) is 5.91 Å². The number of nitrogens with two attached hydrogens (primary N) is 1. The molecule has 1 aromatic carbocycles. The van der Waals surface area contributed by atoms with Gasteiger partial charge in [-0.1, -0.05) is 12.1 Å². The van der Waals surface area contributed by atoms with Gasteiger partial charge in [0.15, 0.2) is 0 Å². The normalized spacial score (nSPS) is 12.4.